The molecule has 1 unspecified atom stereocenters. The number of hydrogen-bond donors (Lipinski definition) is 1. The molecular weight excluding hydrogens is 364 g/mol. The van der Waals surface area contributed by atoms with Crippen LogP contribution in [0, 0.1) is 5.92 Å². The van der Waals surface area contributed by atoms with Gasteiger partial charge in [0.25, 0.3) is 0 Å². The van der Waals surface area contributed by atoms with Gasteiger partial charge in [0, 0.05) is 30.8 Å². The average Bonchev–Trinajstić information content (AvgIpc) is 3.27. The number of Topliss-reactive ketones (excluding diaryl/α,β-unsaturated/α-hetero) is 1. The third kappa shape index (κ3) is 3.20. The third-order valence-electron chi connectivity index (χ3n) is 5.76. The Kier molecular flexibility index (Phi) is 4.39. The number of H-pyrrole nitrogens is 1. The summed E-state index contributed by atoms with van der Waals surface area (Å²) in [6, 6.07) is 13.8. The van der Waals surface area contributed by atoms with Crippen molar-refractivity contribution in [3.8, 4) is 5.75 Å². The number of piperidine rings is 1. The number of ether oxygens (including phenoxy) is 1. The summed E-state index contributed by atoms with van der Waals surface area (Å²) >= 11 is 0. The minimum Gasteiger partial charge on any atom is -0.497 e. The van der Waals surface area contributed by atoms with Crippen LogP contribution in [0.25, 0.3) is 21.8 Å². The topological polar surface area (TPSA) is 71.1 Å². The summed E-state index contributed by atoms with van der Waals surface area (Å²) < 4.78 is 5.29. The summed E-state index contributed by atoms with van der Waals surface area (Å²) in [4.78, 5) is 27.4. The van der Waals surface area contributed by atoms with Gasteiger partial charge in [-0.3, -0.25) is 4.79 Å². The van der Waals surface area contributed by atoms with E-state index in [9.17, 15) is 4.79 Å². The lowest BCUT2D eigenvalue weighted by molar-refractivity contribution is 0.0907. The number of carbonyl (C=O) groups is 1. The Hall–Kier alpha value is -3.41. The fraction of sp³-hybridized carbons (Fsp3) is 0.261. The van der Waals surface area contributed by atoms with E-state index in [0.29, 0.717) is 6.54 Å². The molecule has 2 aromatic heterocycles. The first-order valence-corrected chi connectivity index (χ1v) is 9.88. The van der Waals surface area contributed by atoms with Crippen LogP contribution in [0.2, 0.25) is 0 Å². The lowest BCUT2D eigenvalue weighted by Gasteiger charge is -2.33. The molecule has 1 fully saturated rings. The lowest BCUT2D eigenvalue weighted by atomic mass is 9.89. The number of methoxy groups -OCH3 is 1. The maximum absolute atomic E-state index is 13.3. The van der Waals surface area contributed by atoms with Crippen molar-refractivity contribution in [2.45, 2.75) is 12.8 Å². The van der Waals surface area contributed by atoms with Crippen molar-refractivity contribution < 1.29 is 9.53 Å². The molecule has 0 bridgehead atoms. The molecule has 4 aromatic rings. The van der Waals surface area contributed by atoms with Crippen molar-refractivity contribution in [2.24, 2.45) is 5.92 Å². The summed E-state index contributed by atoms with van der Waals surface area (Å²) in [5.41, 5.74) is 1.59. The van der Waals surface area contributed by atoms with Crippen molar-refractivity contribution in [3.63, 3.8) is 0 Å². The van der Waals surface area contributed by atoms with Crippen LogP contribution in [0.15, 0.2) is 55.0 Å². The molecule has 1 saturated heterocycles. The van der Waals surface area contributed by atoms with E-state index in [1.807, 2.05) is 48.7 Å². The average molecular weight is 386 g/mol. The molecule has 0 saturated carbocycles. The molecule has 6 nitrogen and oxygen atoms in total. The van der Waals surface area contributed by atoms with Gasteiger partial charge in [-0.25, -0.2) is 9.97 Å². The van der Waals surface area contributed by atoms with E-state index >= 15 is 0 Å². The van der Waals surface area contributed by atoms with Gasteiger partial charge in [0.15, 0.2) is 5.78 Å². The SMILES string of the molecule is COc1ccc2cc(C(=O)C3CCCN(c4ncnc5[nH]ccc45)C3)ccc2c1. The minimum absolute atomic E-state index is 0.0385. The van der Waals surface area contributed by atoms with Crippen LogP contribution in [0.1, 0.15) is 23.2 Å². The van der Waals surface area contributed by atoms with Crippen LogP contribution in [0.3, 0.4) is 0 Å². The molecule has 0 aliphatic carbocycles. The highest BCUT2D eigenvalue weighted by Crippen LogP contribution is 2.29. The second kappa shape index (κ2) is 7.20. The van der Waals surface area contributed by atoms with Gasteiger partial charge in [-0.15, -0.1) is 0 Å². The number of rotatable bonds is 4. The summed E-state index contributed by atoms with van der Waals surface area (Å²) in [6.07, 6.45) is 5.32. The molecule has 3 heterocycles. The van der Waals surface area contributed by atoms with Gasteiger partial charge in [-0.05, 0) is 47.9 Å². The Morgan fingerprint density at radius 3 is 2.90 bits per heavy atom. The number of fused-ring (bicyclic) bond motifs is 2. The number of aromatic amines is 1. The number of aromatic nitrogens is 3. The molecule has 146 valence electrons. The van der Waals surface area contributed by atoms with Crippen molar-refractivity contribution in [3.05, 3.63) is 60.6 Å². The molecule has 6 heteroatoms. The molecule has 1 atom stereocenters. The van der Waals surface area contributed by atoms with E-state index in [1.54, 1.807) is 13.4 Å². The highest BCUT2D eigenvalue weighted by Gasteiger charge is 2.28. The van der Waals surface area contributed by atoms with Gasteiger partial charge in [-0.2, -0.15) is 0 Å². The lowest BCUT2D eigenvalue weighted by Crippen LogP contribution is -2.39. The van der Waals surface area contributed by atoms with Gasteiger partial charge >= 0.3 is 0 Å². The van der Waals surface area contributed by atoms with Crippen LogP contribution in [0.4, 0.5) is 5.82 Å². The number of carbonyl (C=O) groups excluding carboxylic acids is 1. The maximum atomic E-state index is 13.3. The first-order valence-electron chi connectivity index (χ1n) is 9.88. The normalized spacial score (nSPS) is 17.0. The quantitative estimate of drug-likeness (QED) is 0.532. The van der Waals surface area contributed by atoms with Crippen LogP contribution in [-0.2, 0) is 0 Å². The summed E-state index contributed by atoms with van der Waals surface area (Å²) in [7, 11) is 1.66. The van der Waals surface area contributed by atoms with Crippen LogP contribution >= 0.6 is 0 Å². The maximum Gasteiger partial charge on any atom is 0.167 e. The number of benzene rings is 2. The molecule has 1 aliphatic rings. The van der Waals surface area contributed by atoms with Gasteiger partial charge in [0.1, 0.15) is 23.5 Å². The molecular formula is C23H22N4O2. The second-order valence-electron chi connectivity index (χ2n) is 7.51. The fourth-order valence-electron chi connectivity index (χ4n) is 4.23. The van der Waals surface area contributed by atoms with Gasteiger partial charge < -0.3 is 14.6 Å². The molecule has 29 heavy (non-hydrogen) atoms. The van der Waals surface area contributed by atoms with E-state index in [2.05, 4.69) is 19.9 Å². The Morgan fingerprint density at radius 1 is 1.14 bits per heavy atom. The van der Waals surface area contributed by atoms with Gasteiger partial charge in [0.2, 0.25) is 0 Å². The largest absolute Gasteiger partial charge is 0.497 e. The Bertz CT molecular complexity index is 1200. The number of anilines is 1. The highest BCUT2D eigenvalue weighted by molar-refractivity contribution is 6.02. The number of nitrogens with one attached hydrogen (secondary N) is 1. The smallest absolute Gasteiger partial charge is 0.167 e. The Morgan fingerprint density at radius 2 is 2.00 bits per heavy atom. The predicted molar refractivity (Wildman–Crippen MR) is 114 cm³/mol. The molecule has 0 spiro atoms. The molecule has 0 amide bonds. The monoisotopic (exact) mass is 386 g/mol. The Labute approximate surface area is 168 Å². The third-order valence-corrected chi connectivity index (χ3v) is 5.76. The first kappa shape index (κ1) is 17.7. The van der Waals surface area contributed by atoms with E-state index in [0.717, 1.165) is 58.3 Å². The second-order valence-corrected chi connectivity index (χ2v) is 7.51. The molecule has 1 aliphatic heterocycles. The van der Waals surface area contributed by atoms with E-state index in [-0.39, 0.29) is 11.7 Å². The van der Waals surface area contributed by atoms with Crippen LogP contribution in [-0.4, -0.2) is 40.9 Å². The summed E-state index contributed by atoms with van der Waals surface area (Å²) in [5, 5.41) is 3.12. The van der Waals surface area contributed by atoms with Gasteiger partial charge in [0.05, 0.1) is 12.5 Å². The van der Waals surface area contributed by atoms with Crippen molar-refractivity contribution >= 4 is 33.4 Å². The zero-order valence-corrected chi connectivity index (χ0v) is 16.3. The van der Waals surface area contributed by atoms with Crippen molar-refractivity contribution in [2.75, 3.05) is 25.1 Å². The molecule has 0 radical (unpaired) electrons. The van der Waals surface area contributed by atoms with Crippen LogP contribution in [0.5, 0.6) is 5.75 Å². The van der Waals surface area contributed by atoms with Crippen LogP contribution < -0.4 is 9.64 Å². The zero-order valence-electron chi connectivity index (χ0n) is 16.3. The standard InChI is InChI=1S/C23H22N4O2/c1-29-19-7-6-15-11-17(5-4-16(15)12-19)21(28)18-3-2-10-27(13-18)23-20-8-9-24-22(20)25-14-26-23/h4-9,11-12,14,18H,2-3,10,13H2,1H3,(H,24,25,26). The van der Waals surface area contributed by atoms with Gasteiger partial charge in [-0.1, -0.05) is 18.2 Å². The highest BCUT2D eigenvalue weighted by atomic mass is 16.5. The number of ketones is 1. The molecule has 5 rings (SSSR count). The Balaban J connectivity index is 1.41. The molecule has 2 aromatic carbocycles. The first-order chi connectivity index (χ1) is 14.2. The fourth-order valence-corrected chi connectivity index (χ4v) is 4.23. The molecule has 1 N–H and O–H groups in total. The van der Waals surface area contributed by atoms with E-state index in [1.165, 1.54) is 0 Å². The number of hydrogen-bond acceptors (Lipinski definition) is 5. The van der Waals surface area contributed by atoms with E-state index in [4.69, 9.17) is 4.74 Å². The number of nitrogens with zero attached hydrogens (tertiary/aromatic N) is 3. The van der Waals surface area contributed by atoms with Crippen molar-refractivity contribution in [1.82, 2.24) is 15.0 Å². The minimum atomic E-state index is -0.0385. The zero-order chi connectivity index (χ0) is 19.8. The summed E-state index contributed by atoms with van der Waals surface area (Å²) in [6.45, 7) is 1.58. The van der Waals surface area contributed by atoms with Crippen molar-refractivity contribution in [1.29, 1.82) is 0 Å². The predicted octanol–water partition coefficient (Wildman–Crippen LogP) is 4.22. The summed E-state index contributed by atoms with van der Waals surface area (Å²) in [5.74, 6) is 1.88. The van der Waals surface area contributed by atoms with E-state index < -0.39 is 0 Å².